The first kappa shape index (κ1) is 21.0. The molecule has 4 aliphatic carbocycles. The largest absolute Gasteiger partial charge is 0.463 e. The van der Waals surface area contributed by atoms with E-state index >= 15 is 0 Å². The van der Waals surface area contributed by atoms with Crippen molar-refractivity contribution < 1.29 is 9.53 Å². The molecule has 2 heteroatoms. The van der Waals surface area contributed by atoms with Crippen molar-refractivity contribution in [3.63, 3.8) is 0 Å². The second kappa shape index (κ2) is 7.94. The molecule has 0 amide bonds. The molecule has 0 spiro atoms. The molecule has 0 unspecified atom stereocenters. The van der Waals surface area contributed by atoms with Crippen molar-refractivity contribution in [3.8, 4) is 0 Å². The zero-order chi connectivity index (χ0) is 21.6. The number of rotatable bonds is 3. The summed E-state index contributed by atoms with van der Waals surface area (Å²) in [5.74, 6) is 3.11. The number of esters is 1. The molecule has 166 valence electrons. The van der Waals surface area contributed by atoms with Gasteiger partial charge >= 0.3 is 5.97 Å². The van der Waals surface area contributed by atoms with Gasteiger partial charge in [0.1, 0.15) is 6.10 Å². The van der Waals surface area contributed by atoms with Crippen molar-refractivity contribution in [3.05, 3.63) is 53.6 Å². The van der Waals surface area contributed by atoms with Crippen LogP contribution < -0.4 is 0 Å². The molecule has 3 saturated carbocycles. The van der Waals surface area contributed by atoms with E-state index in [0.717, 1.165) is 36.5 Å². The average molecular weight is 419 g/mol. The summed E-state index contributed by atoms with van der Waals surface area (Å²) >= 11 is 0. The van der Waals surface area contributed by atoms with Gasteiger partial charge in [-0.15, -0.1) is 0 Å². The lowest BCUT2D eigenvalue weighted by molar-refractivity contribution is -0.158. The SMILES string of the molecule is CC(=O)O[C@@H]1CC[C@@]2(C)[C@@H](CC[C@H]3[C@H]2CC[C@@]2(C)C(/C=C\c4ccccc4)=CC[C@H]32)C1. The van der Waals surface area contributed by atoms with E-state index in [0.29, 0.717) is 10.8 Å². The standard InChI is InChI=1S/C29H38O2/c1-20(30)31-24-15-17-29(3)23(19-24)11-13-25-26-14-12-22(28(26,2)18-16-27(25)29)10-9-21-7-5-4-6-8-21/h4-10,12,23-27H,11,13-19H2,1-3H3/b10-9-/t23-,24+,25+,26+,27+,28-,29-/m0/s1. The third-order valence-electron chi connectivity index (χ3n) is 9.85. The van der Waals surface area contributed by atoms with Gasteiger partial charge in [-0.3, -0.25) is 4.79 Å². The van der Waals surface area contributed by atoms with Crippen LogP contribution in [0.4, 0.5) is 0 Å². The van der Waals surface area contributed by atoms with E-state index in [-0.39, 0.29) is 12.1 Å². The Morgan fingerprint density at radius 1 is 1.00 bits per heavy atom. The van der Waals surface area contributed by atoms with Gasteiger partial charge in [0.25, 0.3) is 0 Å². The lowest BCUT2D eigenvalue weighted by Gasteiger charge is -2.60. The quantitative estimate of drug-likeness (QED) is 0.485. The molecule has 4 aliphatic rings. The van der Waals surface area contributed by atoms with Crippen LogP contribution in [0.1, 0.15) is 77.7 Å². The summed E-state index contributed by atoms with van der Waals surface area (Å²) in [6.45, 7) is 6.69. The Kier molecular flexibility index (Phi) is 5.39. The van der Waals surface area contributed by atoms with E-state index in [1.165, 1.54) is 44.1 Å². The highest BCUT2D eigenvalue weighted by molar-refractivity contribution is 5.66. The summed E-state index contributed by atoms with van der Waals surface area (Å²) < 4.78 is 5.63. The van der Waals surface area contributed by atoms with Crippen LogP contribution in [0.5, 0.6) is 0 Å². The van der Waals surface area contributed by atoms with Crippen LogP contribution in [-0.4, -0.2) is 12.1 Å². The zero-order valence-electron chi connectivity index (χ0n) is 19.5. The Morgan fingerprint density at radius 3 is 2.58 bits per heavy atom. The molecule has 1 aromatic rings. The minimum Gasteiger partial charge on any atom is -0.463 e. The highest BCUT2D eigenvalue weighted by atomic mass is 16.5. The van der Waals surface area contributed by atoms with E-state index in [4.69, 9.17) is 4.74 Å². The van der Waals surface area contributed by atoms with Crippen LogP contribution in [0.2, 0.25) is 0 Å². The van der Waals surface area contributed by atoms with Gasteiger partial charge in [-0.1, -0.05) is 62.4 Å². The Hall–Kier alpha value is -1.83. The van der Waals surface area contributed by atoms with Gasteiger partial charge < -0.3 is 4.74 Å². The number of ether oxygens (including phenoxy) is 1. The number of fused-ring (bicyclic) bond motifs is 5. The van der Waals surface area contributed by atoms with Gasteiger partial charge in [0, 0.05) is 6.92 Å². The molecule has 0 N–H and O–H groups in total. The molecular weight excluding hydrogens is 380 g/mol. The van der Waals surface area contributed by atoms with E-state index in [1.807, 2.05) is 0 Å². The fourth-order valence-electron chi connectivity index (χ4n) is 8.17. The number of carbonyl (C=O) groups is 1. The van der Waals surface area contributed by atoms with Crippen molar-refractivity contribution in [2.24, 2.45) is 34.5 Å². The van der Waals surface area contributed by atoms with Gasteiger partial charge in [0.05, 0.1) is 0 Å². The maximum Gasteiger partial charge on any atom is 0.302 e. The Bertz CT molecular complexity index is 883. The molecule has 0 aliphatic heterocycles. The fraction of sp³-hybridized carbons (Fsp3) is 0.621. The summed E-state index contributed by atoms with van der Waals surface area (Å²) in [6.07, 6.45) is 17.4. The monoisotopic (exact) mass is 418 g/mol. The van der Waals surface area contributed by atoms with Gasteiger partial charge in [0.2, 0.25) is 0 Å². The van der Waals surface area contributed by atoms with Crippen molar-refractivity contribution >= 4 is 12.0 Å². The summed E-state index contributed by atoms with van der Waals surface area (Å²) in [7, 11) is 0. The lowest BCUT2D eigenvalue weighted by atomic mass is 9.44. The van der Waals surface area contributed by atoms with Crippen LogP contribution in [0, 0.1) is 34.5 Å². The Balaban J connectivity index is 1.32. The summed E-state index contributed by atoms with van der Waals surface area (Å²) in [5, 5.41) is 0. The molecule has 0 bridgehead atoms. The maximum atomic E-state index is 11.5. The Labute approximate surface area is 188 Å². The molecule has 31 heavy (non-hydrogen) atoms. The number of allylic oxidation sites excluding steroid dienone is 3. The zero-order valence-corrected chi connectivity index (χ0v) is 19.5. The molecule has 7 atom stereocenters. The van der Waals surface area contributed by atoms with Gasteiger partial charge in [-0.2, -0.15) is 0 Å². The molecule has 1 aromatic carbocycles. The number of benzene rings is 1. The van der Waals surface area contributed by atoms with E-state index in [2.05, 4.69) is 62.4 Å². The van der Waals surface area contributed by atoms with E-state index in [9.17, 15) is 4.79 Å². The molecule has 0 radical (unpaired) electrons. The summed E-state index contributed by atoms with van der Waals surface area (Å²) in [5.41, 5.74) is 3.64. The molecule has 3 fully saturated rings. The van der Waals surface area contributed by atoms with Crippen molar-refractivity contribution in [2.75, 3.05) is 0 Å². The van der Waals surface area contributed by atoms with Gasteiger partial charge in [-0.25, -0.2) is 0 Å². The number of hydrogen-bond acceptors (Lipinski definition) is 2. The predicted octanol–water partition coefficient (Wildman–Crippen LogP) is 7.21. The fourth-order valence-corrected chi connectivity index (χ4v) is 8.17. The highest BCUT2D eigenvalue weighted by Crippen LogP contribution is 2.66. The average Bonchev–Trinajstić information content (AvgIpc) is 3.09. The molecule has 5 rings (SSSR count). The first-order valence-corrected chi connectivity index (χ1v) is 12.5. The third-order valence-corrected chi connectivity index (χ3v) is 9.85. The first-order chi connectivity index (χ1) is 14.9. The first-order valence-electron chi connectivity index (χ1n) is 12.5. The van der Waals surface area contributed by atoms with Crippen LogP contribution in [0.15, 0.2) is 48.1 Å². The number of carbonyl (C=O) groups excluding carboxylic acids is 1. The summed E-state index contributed by atoms with van der Waals surface area (Å²) in [4.78, 5) is 11.5. The molecule has 2 nitrogen and oxygen atoms in total. The van der Waals surface area contributed by atoms with E-state index < -0.39 is 0 Å². The molecular formula is C29H38O2. The van der Waals surface area contributed by atoms with E-state index in [1.54, 1.807) is 12.5 Å². The van der Waals surface area contributed by atoms with Crippen LogP contribution in [0.3, 0.4) is 0 Å². The Morgan fingerprint density at radius 2 is 1.81 bits per heavy atom. The van der Waals surface area contributed by atoms with Crippen molar-refractivity contribution in [1.29, 1.82) is 0 Å². The number of hydrogen-bond donors (Lipinski definition) is 0. The topological polar surface area (TPSA) is 26.3 Å². The third kappa shape index (κ3) is 3.60. The predicted molar refractivity (Wildman–Crippen MR) is 126 cm³/mol. The minimum absolute atomic E-state index is 0.108. The highest BCUT2D eigenvalue weighted by Gasteiger charge is 2.58. The summed E-state index contributed by atoms with van der Waals surface area (Å²) in [6, 6.07) is 10.7. The minimum atomic E-state index is -0.108. The normalized spacial score (nSPS) is 41.8. The molecule has 0 aromatic heterocycles. The lowest BCUT2D eigenvalue weighted by Crippen LogP contribution is -2.53. The van der Waals surface area contributed by atoms with Crippen molar-refractivity contribution in [2.45, 2.75) is 78.2 Å². The maximum absolute atomic E-state index is 11.5. The van der Waals surface area contributed by atoms with Crippen LogP contribution in [-0.2, 0) is 9.53 Å². The molecule has 0 saturated heterocycles. The smallest absolute Gasteiger partial charge is 0.302 e. The van der Waals surface area contributed by atoms with Gasteiger partial charge in [-0.05, 0) is 97.0 Å². The van der Waals surface area contributed by atoms with Crippen molar-refractivity contribution in [1.82, 2.24) is 0 Å². The van der Waals surface area contributed by atoms with Crippen LogP contribution >= 0.6 is 0 Å². The second-order valence-corrected chi connectivity index (χ2v) is 11.3. The second-order valence-electron chi connectivity index (χ2n) is 11.3. The van der Waals surface area contributed by atoms with Gasteiger partial charge in [0.15, 0.2) is 0 Å². The molecule has 0 heterocycles. The van der Waals surface area contributed by atoms with Crippen LogP contribution in [0.25, 0.3) is 6.08 Å².